The Labute approximate surface area is 88.5 Å². The number of nitrogens with two attached hydrogens (primary N) is 1. The fourth-order valence-electron chi connectivity index (χ4n) is 1.23. The van der Waals surface area contributed by atoms with E-state index in [-0.39, 0.29) is 6.61 Å². The first-order valence-corrected chi connectivity index (χ1v) is 4.55. The van der Waals surface area contributed by atoms with E-state index >= 15 is 0 Å². The van der Waals surface area contributed by atoms with Crippen molar-refractivity contribution in [2.24, 2.45) is 5.84 Å². The van der Waals surface area contributed by atoms with Gasteiger partial charge in [0, 0.05) is 18.3 Å². The number of carbonyl (C=O) groups is 1. The first-order valence-electron chi connectivity index (χ1n) is 4.55. The van der Waals surface area contributed by atoms with E-state index in [2.05, 4.69) is 5.32 Å². The maximum Gasteiger partial charge on any atom is 0.335 e. The molecule has 0 unspecified atom stereocenters. The highest BCUT2D eigenvalue weighted by Crippen LogP contribution is 2.19. The lowest BCUT2D eigenvalue weighted by Crippen LogP contribution is -2.37. The van der Waals surface area contributed by atoms with Gasteiger partial charge in [0.2, 0.25) is 0 Å². The van der Waals surface area contributed by atoms with E-state index in [1.807, 2.05) is 13.0 Å². The number of aryl methyl sites for hydroxylation is 1. The number of rotatable bonds is 2. The fraction of sp³-hybridized carbons (Fsp3) is 0.300. The summed E-state index contributed by atoms with van der Waals surface area (Å²) < 4.78 is 0. The molecule has 5 heteroatoms. The summed E-state index contributed by atoms with van der Waals surface area (Å²) in [6, 6.07) is 4.98. The van der Waals surface area contributed by atoms with Gasteiger partial charge >= 0.3 is 6.03 Å². The predicted octanol–water partition coefficient (Wildman–Crippen LogP) is 0.825. The summed E-state index contributed by atoms with van der Waals surface area (Å²) in [6.07, 6.45) is 0. The molecule has 5 nitrogen and oxygen atoms in total. The van der Waals surface area contributed by atoms with Crippen molar-refractivity contribution in [3.05, 3.63) is 29.3 Å². The number of nitrogens with zero attached hydrogens (tertiary/aromatic N) is 1. The van der Waals surface area contributed by atoms with Crippen LogP contribution in [0.2, 0.25) is 0 Å². The Morgan fingerprint density at radius 1 is 1.60 bits per heavy atom. The van der Waals surface area contributed by atoms with Crippen molar-refractivity contribution in [1.82, 2.24) is 5.01 Å². The Balaban J connectivity index is 2.94. The molecule has 0 fully saturated rings. The zero-order valence-corrected chi connectivity index (χ0v) is 8.82. The molecule has 0 atom stereocenters. The molecular weight excluding hydrogens is 194 g/mol. The highest BCUT2D eigenvalue weighted by molar-refractivity contribution is 5.89. The van der Waals surface area contributed by atoms with Crippen LogP contribution in [0.3, 0.4) is 0 Å². The molecule has 1 rings (SSSR count). The molecule has 0 aliphatic heterocycles. The van der Waals surface area contributed by atoms with Gasteiger partial charge in [0.05, 0.1) is 6.61 Å². The molecular formula is C10H15N3O2. The molecule has 0 aromatic heterocycles. The van der Waals surface area contributed by atoms with Gasteiger partial charge in [0.1, 0.15) is 0 Å². The van der Waals surface area contributed by atoms with E-state index < -0.39 is 6.03 Å². The monoisotopic (exact) mass is 209 g/mol. The average molecular weight is 209 g/mol. The van der Waals surface area contributed by atoms with Crippen LogP contribution in [0.5, 0.6) is 0 Å². The lowest BCUT2D eigenvalue weighted by atomic mass is 10.1. The molecule has 0 saturated heterocycles. The van der Waals surface area contributed by atoms with Crippen molar-refractivity contribution in [3.63, 3.8) is 0 Å². The van der Waals surface area contributed by atoms with Crippen molar-refractivity contribution in [1.29, 1.82) is 0 Å². The summed E-state index contributed by atoms with van der Waals surface area (Å²) >= 11 is 0. The van der Waals surface area contributed by atoms with E-state index in [4.69, 9.17) is 10.9 Å². The number of hydrogen-bond acceptors (Lipinski definition) is 3. The number of aliphatic hydroxyl groups is 1. The summed E-state index contributed by atoms with van der Waals surface area (Å²) in [4.78, 5) is 11.3. The number of amides is 2. The molecule has 15 heavy (non-hydrogen) atoms. The molecule has 0 radical (unpaired) electrons. The summed E-state index contributed by atoms with van der Waals surface area (Å²) in [5.74, 6) is 5.27. The minimum absolute atomic E-state index is 0.115. The summed E-state index contributed by atoms with van der Waals surface area (Å²) in [5.41, 5.74) is 2.21. The summed E-state index contributed by atoms with van der Waals surface area (Å²) in [6.45, 7) is 1.75. The Bertz CT molecular complexity index is 364. The summed E-state index contributed by atoms with van der Waals surface area (Å²) in [5, 5.41) is 12.7. The van der Waals surface area contributed by atoms with E-state index in [0.717, 1.165) is 10.6 Å². The molecule has 0 spiro atoms. The highest BCUT2D eigenvalue weighted by Gasteiger charge is 2.09. The highest BCUT2D eigenvalue weighted by atomic mass is 16.3. The molecule has 0 aliphatic carbocycles. The molecule has 4 N–H and O–H groups in total. The Kier molecular flexibility index (Phi) is 3.65. The van der Waals surface area contributed by atoms with Gasteiger partial charge in [0.25, 0.3) is 0 Å². The van der Waals surface area contributed by atoms with E-state index in [1.165, 1.54) is 7.05 Å². The second-order valence-corrected chi connectivity index (χ2v) is 3.30. The van der Waals surface area contributed by atoms with Gasteiger partial charge in [-0.2, -0.15) is 0 Å². The van der Waals surface area contributed by atoms with Crippen LogP contribution in [-0.4, -0.2) is 23.2 Å². The van der Waals surface area contributed by atoms with Crippen LogP contribution < -0.4 is 11.2 Å². The lowest BCUT2D eigenvalue weighted by Gasteiger charge is -2.15. The largest absolute Gasteiger partial charge is 0.392 e. The van der Waals surface area contributed by atoms with E-state index in [9.17, 15) is 4.79 Å². The average Bonchev–Trinajstić information content (AvgIpc) is 2.18. The third kappa shape index (κ3) is 2.68. The molecule has 0 heterocycles. The number of urea groups is 1. The third-order valence-electron chi connectivity index (χ3n) is 2.13. The minimum atomic E-state index is -0.421. The van der Waals surface area contributed by atoms with E-state index in [0.29, 0.717) is 11.3 Å². The topological polar surface area (TPSA) is 78.6 Å². The molecule has 0 saturated carbocycles. The van der Waals surface area contributed by atoms with Crippen LogP contribution in [0.4, 0.5) is 10.5 Å². The van der Waals surface area contributed by atoms with Gasteiger partial charge in [-0.1, -0.05) is 12.1 Å². The lowest BCUT2D eigenvalue weighted by molar-refractivity contribution is 0.223. The summed E-state index contributed by atoms with van der Waals surface area (Å²) in [7, 11) is 1.45. The quantitative estimate of drug-likeness (QED) is 0.383. The number of benzene rings is 1. The molecule has 1 aromatic rings. The minimum Gasteiger partial charge on any atom is -0.392 e. The maximum absolute atomic E-state index is 11.3. The van der Waals surface area contributed by atoms with Crippen molar-refractivity contribution in [2.75, 3.05) is 12.4 Å². The van der Waals surface area contributed by atoms with Gasteiger partial charge in [-0.05, 0) is 18.6 Å². The maximum atomic E-state index is 11.3. The number of anilines is 1. The van der Waals surface area contributed by atoms with Crippen molar-refractivity contribution >= 4 is 11.7 Å². The number of aliphatic hydroxyl groups excluding tert-OH is 1. The first kappa shape index (κ1) is 11.5. The second-order valence-electron chi connectivity index (χ2n) is 3.30. The van der Waals surface area contributed by atoms with Gasteiger partial charge in [-0.3, -0.25) is 5.01 Å². The van der Waals surface area contributed by atoms with Gasteiger partial charge < -0.3 is 10.4 Å². The van der Waals surface area contributed by atoms with E-state index in [1.54, 1.807) is 12.1 Å². The van der Waals surface area contributed by atoms with Gasteiger partial charge in [-0.25, -0.2) is 10.6 Å². The second kappa shape index (κ2) is 4.77. The van der Waals surface area contributed by atoms with Crippen LogP contribution in [0.15, 0.2) is 18.2 Å². The Morgan fingerprint density at radius 2 is 2.27 bits per heavy atom. The standard InChI is InChI=1S/C10H15N3O2/c1-7-4-3-5-9(8(7)6-14)12-10(15)13(2)11/h3-5,14H,6,11H2,1-2H3,(H,12,15). The van der Waals surface area contributed by atoms with Crippen LogP contribution in [0, 0.1) is 6.92 Å². The van der Waals surface area contributed by atoms with Crippen LogP contribution in [0.25, 0.3) is 0 Å². The van der Waals surface area contributed by atoms with Crippen LogP contribution in [0.1, 0.15) is 11.1 Å². The predicted molar refractivity (Wildman–Crippen MR) is 58.1 cm³/mol. The SMILES string of the molecule is Cc1cccc(NC(=O)N(C)N)c1CO. The third-order valence-corrected chi connectivity index (χ3v) is 2.13. The normalized spacial score (nSPS) is 9.87. The van der Waals surface area contributed by atoms with Crippen molar-refractivity contribution < 1.29 is 9.90 Å². The Hall–Kier alpha value is -1.59. The Morgan fingerprint density at radius 3 is 2.80 bits per heavy atom. The molecule has 0 bridgehead atoms. The fourth-order valence-corrected chi connectivity index (χ4v) is 1.23. The van der Waals surface area contributed by atoms with Gasteiger partial charge in [-0.15, -0.1) is 0 Å². The number of hydrazine groups is 1. The molecule has 1 aromatic carbocycles. The molecule has 0 aliphatic rings. The number of nitrogens with one attached hydrogen (secondary N) is 1. The smallest absolute Gasteiger partial charge is 0.335 e. The number of hydrogen-bond donors (Lipinski definition) is 3. The van der Waals surface area contributed by atoms with Gasteiger partial charge in [0.15, 0.2) is 0 Å². The molecule has 2 amide bonds. The van der Waals surface area contributed by atoms with Crippen LogP contribution >= 0.6 is 0 Å². The number of carbonyl (C=O) groups excluding carboxylic acids is 1. The van der Waals surface area contributed by atoms with Crippen LogP contribution in [-0.2, 0) is 6.61 Å². The first-order chi connectivity index (χ1) is 7.06. The zero-order chi connectivity index (χ0) is 11.4. The van der Waals surface area contributed by atoms with Crippen molar-refractivity contribution in [3.8, 4) is 0 Å². The molecule has 82 valence electrons. The van der Waals surface area contributed by atoms with Crippen molar-refractivity contribution in [2.45, 2.75) is 13.5 Å². The zero-order valence-electron chi connectivity index (χ0n) is 8.82.